The highest BCUT2D eigenvalue weighted by Crippen LogP contribution is 2.19. The number of hydrogen-bond donors (Lipinski definition) is 3. The summed E-state index contributed by atoms with van der Waals surface area (Å²) in [5, 5.41) is 9.16. The Kier molecular flexibility index (Phi) is 3.80. The maximum Gasteiger partial charge on any atom is 0.258 e. The second-order valence-corrected chi connectivity index (χ2v) is 3.71. The van der Waals surface area contributed by atoms with Crippen molar-refractivity contribution < 1.29 is 9.53 Å². The van der Waals surface area contributed by atoms with Crippen LogP contribution in [0.4, 0.5) is 5.69 Å². The van der Waals surface area contributed by atoms with Crippen LogP contribution in [0.1, 0.15) is 5.56 Å². The number of anilines is 1. The van der Waals surface area contributed by atoms with Gasteiger partial charge in [-0.25, -0.2) is 0 Å². The maximum atomic E-state index is 11.5. The number of nitrogens with one attached hydrogen (secondary N) is 2. The maximum absolute atomic E-state index is 11.5. The van der Waals surface area contributed by atoms with Crippen molar-refractivity contribution in [2.45, 2.75) is 6.54 Å². The van der Waals surface area contributed by atoms with Gasteiger partial charge >= 0.3 is 0 Å². The lowest BCUT2D eigenvalue weighted by Gasteiger charge is -2.08. The molecule has 1 aromatic heterocycles. The molecule has 2 aromatic rings. The van der Waals surface area contributed by atoms with Gasteiger partial charge in [0.15, 0.2) is 6.61 Å². The monoisotopic (exact) mass is 246 g/mol. The molecule has 0 aliphatic rings. The Morgan fingerprint density at radius 2 is 2.28 bits per heavy atom. The Hall–Kier alpha value is -2.50. The number of carbonyl (C=O) groups is 1. The summed E-state index contributed by atoms with van der Waals surface area (Å²) in [6.45, 7) is 0.356. The average Bonchev–Trinajstić information content (AvgIpc) is 2.88. The number of hydrogen-bond acceptors (Lipinski definition) is 4. The van der Waals surface area contributed by atoms with E-state index in [1.165, 1.54) is 0 Å². The summed E-state index contributed by atoms with van der Waals surface area (Å²) in [4.78, 5) is 11.5. The molecule has 0 aliphatic carbocycles. The van der Waals surface area contributed by atoms with Gasteiger partial charge in [0.25, 0.3) is 5.91 Å². The molecule has 94 valence electrons. The second kappa shape index (κ2) is 5.72. The van der Waals surface area contributed by atoms with E-state index >= 15 is 0 Å². The zero-order valence-electron chi connectivity index (χ0n) is 9.72. The van der Waals surface area contributed by atoms with Crippen molar-refractivity contribution in [2.75, 3.05) is 12.3 Å². The molecular weight excluding hydrogens is 232 g/mol. The first-order valence-corrected chi connectivity index (χ1v) is 5.47. The van der Waals surface area contributed by atoms with Crippen LogP contribution >= 0.6 is 0 Å². The number of nitrogens with two attached hydrogens (primary N) is 1. The number of aromatic amines is 1. The third-order valence-electron chi connectivity index (χ3n) is 2.32. The van der Waals surface area contributed by atoms with E-state index in [9.17, 15) is 4.79 Å². The number of carbonyl (C=O) groups excluding carboxylic acids is 1. The van der Waals surface area contributed by atoms with Gasteiger partial charge in [0.2, 0.25) is 0 Å². The van der Waals surface area contributed by atoms with Crippen LogP contribution in [0.5, 0.6) is 5.75 Å². The molecule has 1 heterocycles. The average molecular weight is 246 g/mol. The van der Waals surface area contributed by atoms with Gasteiger partial charge < -0.3 is 15.8 Å². The highest BCUT2D eigenvalue weighted by molar-refractivity contribution is 5.77. The fourth-order valence-corrected chi connectivity index (χ4v) is 1.38. The molecule has 0 unspecified atom stereocenters. The van der Waals surface area contributed by atoms with Crippen LogP contribution in [-0.2, 0) is 11.3 Å². The van der Waals surface area contributed by atoms with Gasteiger partial charge in [-0.1, -0.05) is 12.1 Å². The van der Waals surface area contributed by atoms with Crippen LogP contribution < -0.4 is 15.8 Å². The van der Waals surface area contributed by atoms with Crippen molar-refractivity contribution >= 4 is 11.6 Å². The van der Waals surface area contributed by atoms with Crippen molar-refractivity contribution in [1.82, 2.24) is 15.5 Å². The Labute approximate surface area is 104 Å². The molecule has 1 aromatic carbocycles. The molecule has 6 nitrogen and oxygen atoms in total. The lowest BCUT2D eigenvalue weighted by atomic mass is 10.3. The molecule has 6 heteroatoms. The second-order valence-electron chi connectivity index (χ2n) is 3.71. The van der Waals surface area contributed by atoms with Crippen LogP contribution in [0.25, 0.3) is 0 Å². The van der Waals surface area contributed by atoms with Gasteiger partial charge in [0.1, 0.15) is 5.75 Å². The molecule has 0 bridgehead atoms. The summed E-state index contributed by atoms with van der Waals surface area (Å²) >= 11 is 0. The number of rotatable bonds is 5. The lowest BCUT2D eigenvalue weighted by Crippen LogP contribution is -2.28. The van der Waals surface area contributed by atoms with Gasteiger partial charge in [-0.3, -0.25) is 9.89 Å². The van der Waals surface area contributed by atoms with E-state index < -0.39 is 0 Å². The normalized spacial score (nSPS) is 10.0. The zero-order valence-corrected chi connectivity index (χ0v) is 9.72. The summed E-state index contributed by atoms with van der Waals surface area (Å²) in [5.74, 6) is 0.301. The standard InChI is InChI=1S/C12H14N4O2/c13-10-3-1-2-4-11(10)18-8-12(17)14-5-9-6-15-16-7-9/h1-4,6-7H,5,8,13H2,(H,14,17)(H,15,16). The van der Waals surface area contributed by atoms with Crippen LogP contribution in [0.2, 0.25) is 0 Å². The Morgan fingerprint density at radius 3 is 3.00 bits per heavy atom. The first-order chi connectivity index (χ1) is 8.75. The molecular formula is C12H14N4O2. The number of para-hydroxylation sites is 2. The highest BCUT2D eigenvalue weighted by Gasteiger charge is 2.04. The Morgan fingerprint density at radius 1 is 1.44 bits per heavy atom. The van der Waals surface area contributed by atoms with Crippen molar-refractivity contribution in [3.8, 4) is 5.75 Å². The molecule has 18 heavy (non-hydrogen) atoms. The van der Waals surface area contributed by atoms with Crippen molar-refractivity contribution in [3.05, 3.63) is 42.2 Å². The molecule has 0 saturated carbocycles. The predicted octanol–water partition coefficient (Wildman–Crippen LogP) is 0.687. The topological polar surface area (TPSA) is 93.0 Å². The molecule has 1 amide bonds. The van der Waals surface area contributed by atoms with Crippen molar-refractivity contribution in [1.29, 1.82) is 0 Å². The summed E-state index contributed by atoms with van der Waals surface area (Å²) in [6.07, 6.45) is 3.37. The van der Waals surface area contributed by atoms with E-state index in [1.54, 1.807) is 36.7 Å². The van der Waals surface area contributed by atoms with Gasteiger partial charge in [-0.2, -0.15) is 5.10 Å². The van der Waals surface area contributed by atoms with E-state index in [1.807, 2.05) is 0 Å². The van der Waals surface area contributed by atoms with Gasteiger partial charge in [0, 0.05) is 18.3 Å². The van der Waals surface area contributed by atoms with Crippen LogP contribution in [0.3, 0.4) is 0 Å². The molecule has 0 saturated heterocycles. The van der Waals surface area contributed by atoms with E-state index in [4.69, 9.17) is 10.5 Å². The largest absolute Gasteiger partial charge is 0.482 e. The lowest BCUT2D eigenvalue weighted by molar-refractivity contribution is -0.123. The molecule has 0 atom stereocenters. The van der Waals surface area contributed by atoms with Crippen LogP contribution in [-0.4, -0.2) is 22.7 Å². The molecule has 0 aliphatic heterocycles. The van der Waals surface area contributed by atoms with Crippen molar-refractivity contribution in [3.63, 3.8) is 0 Å². The van der Waals surface area contributed by atoms with Crippen molar-refractivity contribution in [2.24, 2.45) is 0 Å². The minimum Gasteiger partial charge on any atom is -0.482 e. The number of nitrogens with zero attached hydrogens (tertiary/aromatic N) is 1. The number of ether oxygens (including phenoxy) is 1. The first-order valence-electron chi connectivity index (χ1n) is 5.47. The van der Waals surface area contributed by atoms with Gasteiger partial charge in [0.05, 0.1) is 11.9 Å². The number of benzene rings is 1. The van der Waals surface area contributed by atoms with Crippen LogP contribution in [0, 0.1) is 0 Å². The Balaban J connectivity index is 1.77. The third-order valence-corrected chi connectivity index (χ3v) is 2.32. The summed E-state index contributed by atoms with van der Waals surface area (Å²) < 4.78 is 5.31. The van der Waals surface area contributed by atoms with E-state index in [0.717, 1.165) is 5.56 Å². The number of nitrogen functional groups attached to an aromatic ring is 1. The smallest absolute Gasteiger partial charge is 0.258 e. The fraction of sp³-hybridized carbons (Fsp3) is 0.167. The minimum atomic E-state index is -0.209. The number of H-pyrrole nitrogens is 1. The van der Waals surface area contributed by atoms with Gasteiger partial charge in [-0.15, -0.1) is 0 Å². The summed E-state index contributed by atoms with van der Waals surface area (Å²) in [5.41, 5.74) is 7.11. The van der Waals surface area contributed by atoms with E-state index in [2.05, 4.69) is 15.5 Å². The highest BCUT2D eigenvalue weighted by atomic mass is 16.5. The van der Waals surface area contributed by atoms with Crippen LogP contribution in [0.15, 0.2) is 36.7 Å². The predicted molar refractivity (Wildman–Crippen MR) is 66.8 cm³/mol. The third kappa shape index (κ3) is 3.24. The number of aromatic nitrogens is 2. The molecule has 0 radical (unpaired) electrons. The van der Waals surface area contributed by atoms with E-state index in [-0.39, 0.29) is 12.5 Å². The zero-order chi connectivity index (χ0) is 12.8. The quantitative estimate of drug-likeness (QED) is 0.676. The molecule has 0 fully saturated rings. The fourth-order valence-electron chi connectivity index (χ4n) is 1.38. The summed E-state index contributed by atoms with van der Waals surface area (Å²) in [6, 6.07) is 7.05. The molecule has 0 spiro atoms. The first kappa shape index (κ1) is 12.0. The Bertz CT molecular complexity index is 511. The van der Waals surface area contributed by atoms with E-state index in [0.29, 0.717) is 18.0 Å². The van der Waals surface area contributed by atoms with Gasteiger partial charge in [-0.05, 0) is 12.1 Å². The molecule has 4 N–H and O–H groups in total. The SMILES string of the molecule is Nc1ccccc1OCC(=O)NCc1cn[nH]c1. The number of amides is 1. The molecule has 2 rings (SSSR count). The summed E-state index contributed by atoms with van der Waals surface area (Å²) in [7, 11) is 0. The minimum absolute atomic E-state index is 0.0634.